The van der Waals surface area contributed by atoms with Crippen LogP contribution in [0.5, 0.6) is 5.75 Å². The predicted octanol–water partition coefficient (Wildman–Crippen LogP) is 2.59. The molecule has 1 aromatic rings. The average molecular weight is 288 g/mol. The Hall–Kier alpha value is -2.25. The minimum atomic E-state index is -0.323. The van der Waals surface area contributed by atoms with Crippen molar-refractivity contribution in [3.63, 3.8) is 0 Å². The van der Waals surface area contributed by atoms with Crippen LogP contribution in [-0.4, -0.2) is 32.9 Å². The third-order valence-electron chi connectivity index (χ3n) is 2.52. The fourth-order valence-corrected chi connectivity index (χ4v) is 1.46. The van der Waals surface area contributed by atoms with Gasteiger partial charge in [0.15, 0.2) is 0 Å². The molecule has 4 heteroatoms. The molecule has 0 aromatic heterocycles. The first-order chi connectivity index (χ1) is 10.3. The van der Waals surface area contributed by atoms with Crippen LogP contribution in [0.1, 0.15) is 13.3 Å². The minimum absolute atomic E-state index is 0.141. The Morgan fingerprint density at radius 1 is 1.29 bits per heavy atom. The van der Waals surface area contributed by atoms with E-state index in [1.165, 1.54) is 7.11 Å². The molecule has 0 aliphatic rings. The number of carbonyl (C=O) groups excluding carboxylic acids is 1. The molecule has 0 bridgehead atoms. The number of methoxy groups -OCH3 is 1. The number of ether oxygens (including phenoxy) is 3. The molecular formula is C17H20O4. The highest BCUT2D eigenvalue weighted by atomic mass is 16.5. The molecule has 1 rings (SSSR count). The Labute approximate surface area is 125 Å². The molecule has 1 aromatic carbocycles. The minimum Gasteiger partial charge on any atom is -0.481 e. The maximum atomic E-state index is 11.3. The van der Waals surface area contributed by atoms with Crippen molar-refractivity contribution in [3.8, 4) is 17.6 Å². The number of esters is 1. The van der Waals surface area contributed by atoms with Gasteiger partial charge in [0.1, 0.15) is 12.4 Å². The van der Waals surface area contributed by atoms with E-state index in [-0.39, 0.29) is 19.0 Å². The van der Waals surface area contributed by atoms with E-state index < -0.39 is 0 Å². The fourth-order valence-electron chi connectivity index (χ4n) is 1.46. The molecular weight excluding hydrogens is 268 g/mol. The van der Waals surface area contributed by atoms with E-state index in [1.807, 2.05) is 37.3 Å². The van der Waals surface area contributed by atoms with Gasteiger partial charge >= 0.3 is 5.97 Å². The summed E-state index contributed by atoms with van der Waals surface area (Å²) in [6, 6.07) is 9.44. The topological polar surface area (TPSA) is 44.8 Å². The summed E-state index contributed by atoms with van der Waals surface area (Å²) < 4.78 is 15.3. The van der Waals surface area contributed by atoms with E-state index in [9.17, 15) is 4.79 Å². The van der Waals surface area contributed by atoms with Crippen molar-refractivity contribution >= 4 is 5.97 Å². The molecule has 0 aliphatic carbocycles. The molecule has 0 aliphatic heterocycles. The molecule has 21 heavy (non-hydrogen) atoms. The molecule has 112 valence electrons. The van der Waals surface area contributed by atoms with E-state index >= 15 is 0 Å². The van der Waals surface area contributed by atoms with Gasteiger partial charge in [0.2, 0.25) is 0 Å². The van der Waals surface area contributed by atoms with E-state index in [0.29, 0.717) is 18.8 Å². The Kier molecular flexibility index (Phi) is 8.42. The zero-order chi connectivity index (χ0) is 15.3. The second-order valence-corrected chi connectivity index (χ2v) is 4.05. The van der Waals surface area contributed by atoms with Gasteiger partial charge in [-0.2, -0.15) is 0 Å². The highest BCUT2D eigenvalue weighted by Gasteiger charge is 2.03. The quantitative estimate of drug-likeness (QED) is 0.439. The first kappa shape index (κ1) is 16.8. The van der Waals surface area contributed by atoms with Crippen LogP contribution in [0.25, 0.3) is 0 Å². The standard InChI is InChI=1S/C17H20O4/c1-3-20-13-11-15(14-17(18)19-2)8-7-12-21-16-9-5-4-6-10-16/h4-6,9-11H,3,12-14H2,1-2H3/b15-11-. The summed E-state index contributed by atoms with van der Waals surface area (Å²) in [6.07, 6.45) is 1.93. The van der Waals surface area contributed by atoms with E-state index in [1.54, 1.807) is 6.08 Å². The molecule has 0 atom stereocenters. The van der Waals surface area contributed by atoms with Crippen molar-refractivity contribution in [2.45, 2.75) is 13.3 Å². The Balaban J connectivity index is 2.53. The lowest BCUT2D eigenvalue weighted by atomic mass is 10.2. The summed E-state index contributed by atoms with van der Waals surface area (Å²) in [6.45, 7) is 3.22. The first-order valence-electron chi connectivity index (χ1n) is 6.76. The van der Waals surface area contributed by atoms with Crippen LogP contribution in [0.2, 0.25) is 0 Å². The highest BCUT2D eigenvalue weighted by Crippen LogP contribution is 2.07. The SMILES string of the molecule is CCOC/C=C(/C#CCOc1ccccc1)CC(=O)OC. The lowest BCUT2D eigenvalue weighted by Crippen LogP contribution is -2.02. The van der Waals surface area contributed by atoms with Gasteiger partial charge in [-0.25, -0.2) is 0 Å². The third kappa shape index (κ3) is 7.81. The number of benzene rings is 1. The van der Waals surface area contributed by atoms with Crippen LogP contribution in [0, 0.1) is 11.8 Å². The van der Waals surface area contributed by atoms with Crippen LogP contribution in [-0.2, 0) is 14.3 Å². The van der Waals surface area contributed by atoms with E-state index in [0.717, 1.165) is 5.75 Å². The van der Waals surface area contributed by atoms with Crippen molar-refractivity contribution in [1.29, 1.82) is 0 Å². The zero-order valence-electron chi connectivity index (χ0n) is 12.4. The first-order valence-corrected chi connectivity index (χ1v) is 6.76. The van der Waals surface area contributed by atoms with Crippen LogP contribution in [0.4, 0.5) is 0 Å². The second-order valence-electron chi connectivity index (χ2n) is 4.05. The maximum absolute atomic E-state index is 11.3. The monoisotopic (exact) mass is 288 g/mol. The van der Waals surface area contributed by atoms with Crippen LogP contribution in [0.15, 0.2) is 42.0 Å². The summed E-state index contributed by atoms with van der Waals surface area (Å²) in [4.78, 5) is 11.3. The molecule has 4 nitrogen and oxygen atoms in total. The average Bonchev–Trinajstić information content (AvgIpc) is 2.52. The lowest BCUT2D eigenvalue weighted by molar-refractivity contribution is -0.139. The lowest BCUT2D eigenvalue weighted by Gasteiger charge is -2.01. The summed E-state index contributed by atoms with van der Waals surface area (Å²) in [7, 11) is 1.36. The molecule has 0 fully saturated rings. The largest absolute Gasteiger partial charge is 0.481 e. The van der Waals surface area contributed by atoms with Crippen molar-refractivity contribution in [2.75, 3.05) is 26.9 Å². The van der Waals surface area contributed by atoms with Gasteiger partial charge in [-0.15, -0.1) is 0 Å². The molecule has 0 radical (unpaired) electrons. The molecule has 0 N–H and O–H groups in total. The number of rotatable bonds is 7. The summed E-state index contributed by atoms with van der Waals surface area (Å²) in [5.74, 6) is 6.25. The van der Waals surface area contributed by atoms with Gasteiger partial charge in [0.25, 0.3) is 0 Å². The van der Waals surface area contributed by atoms with Gasteiger partial charge in [-0.1, -0.05) is 30.0 Å². The normalized spacial score (nSPS) is 10.5. The molecule has 0 unspecified atom stereocenters. The van der Waals surface area contributed by atoms with Crippen LogP contribution in [0.3, 0.4) is 0 Å². The van der Waals surface area contributed by atoms with E-state index in [2.05, 4.69) is 16.6 Å². The fraction of sp³-hybridized carbons (Fsp3) is 0.353. The molecule has 0 heterocycles. The van der Waals surface area contributed by atoms with Crippen LogP contribution < -0.4 is 4.74 Å². The Bertz CT molecular complexity index is 509. The summed E-state index contributed by atoms with van der Waals surface area (Å²) in [5, 5.41) is 0. The van der Waals surface area contributed by atoms with Crippen LogP contribution >= 0.6 is 0 Å². The predicted molar refractivity (Wildman–Crippen MR) is 80.9 cm³/mol. The van der Waals surface area contributed by atoms with Gasteiger partial charge < -0.3 is 14.2 Å². The van der Waals surface area contributed by atoms with E-state index in [4.69, 9.17) is 9.47 Å². The van der Waals surface area contributed by atoms with Gasteiger partial charge in [-0.3, -0.25) is 4.79 Å². The van der Waals surface area contributed by atoms with Crippen molar-refractivity contribution < 1.29 is 19.0 Å². The highest BCUT2D eigenvalue weighted by molar-refractivity contribution is 5.73. The molecule has 0 saturated carbocycles. The Morgan fingerprint density at radius 3 is 2.71 bits per heavy atom. The summed E-state index contributed by atoms with van der Waals surface area (Å²) in [5.41, 5.74) is 0.673. The number of hydrogen-bond donors (Lipinski definition) is 0. The maximum Gasteiger partial charge on any atom is 0.310 e. The van der Waals surface area contributed by atoms with Gasteiger partial charge in [-0.05, 0) is 25.1 Å². The second kappa shape index (κ2) is 10.5. The van der Waals surface area contributed by atoms with Gasteiger partial charge in [0, 0.05) is 12.2 Å². The zero-order valence-corrected chi connectivity index (χ0v) is 12.4. The summed E-state index contributed by atoms with van der Waals surface area (Å²) >= 11 is 0. The van der Waals surface area contributed by atoms with Crippen molar-refractivity contribution in [1.82, 2.24) is 0 Å². The molecule has 0 amide bonds. The third-order valence-corrected chi connectivity index (χ3v) is 2.52. The number of para-hydroxylation sites is 1. The van der Waals surface area contributed by atoms with Crippen molar-refractivity contribution in [2.24, 2.45) is 0 Å². The number of hydrogen-bond acceptors (Lipinski definition) is 4. The Morgan fingerprint density at radius 2 is 2.05 bits per heavy atom. The smallest absolute Gasteiger partial charge is 0.310 e. The van der Waals surface area contributed by atoms with Gasteiger partial charge in [0.05, 0.1) is 20.1 Å². The molecule has 0 spiro atoms. The number of carbonyl (C=O) groups is 1. The molecule has 0 saturated heterocycles. The van der Waals surface area contributed by atoms with Crippen molar-refractivity contribution in [3.05, 3.63) is 42.0 Å².